The number of carbonyl (C=O) groups is 1. The Balaban J connectivity index is 1.58. The third kappa shape index (κ3) is 3.56. The van der Waals surface area contributed by atoms with Gasteiger partial charge in [-0.2, -0.15) is 0 Å². The predicted octanol–water partition coefficient (Wildman–Crippen LogP) is 2.18. The number of hydrogen-bond acceptors (Lipinski definition) is 4. The number of carbonyl (C=O) groups excluding carboxylic acids is 1. The lowest BCUT2D eigenvalue weighted by molar-refractivity contribution is -0.134. The molecule has 0 N–H and O–H groups in total. The second-order valence-electron chi connectivity index (χ2n) is 6.92. The van der Waals surface area contributed by atoms with Crippen LogP contribution >= 0.6 is 0 Å². The number of ether oxygens (including phenoxy) is 2. The van der Waals surface area contributed by atoms with Crippen LogP contribution in [0.2, 0.25) is 0 Å². The molecule has 2 heterocycles. The molecular weight excluding hydrogens is 292 g/mol. The van der Waals surface area contributed by atoms with Crippen LogP contribution in [0, 0.1) is 18.3 Å². The zero-order valence-corrected chi connectivity index (χ0v) is 14.1. The zero-order chi connectivity index (χ0) is 16.3. The number of fused-ring (bicyclic) bond motifs is 1. The Hall–Kier alpha value is -1.46. The fraction of sp³-hybridized carbons (Fsp3) is 0.667. The van der Waals surface area contributed by atoms with Gasteiger partial charge >= 0.3 is 0 Å². The molecular formula is C18H26N2O3. The Bertz CT molecular complexity index is 563. The van der Waals surface area contributed by atoms with Crippen LogP contribution in [0.25, 0.3) is 0 Å². The summed E-state index contributed by atoms with van der Waals surface area (Å²) in [6.07, 6.45) is 3.58. The molecule has 1 saturated carbocycles. The van der Waals surface area contributed by atoms with Gasteiger partial charge in [0.2, 0.25) is 5.91 Å². The fourth-order valence-electron chi connectivity index (χ4n) is 4.09. The summed E-state index contributed by atoms with van der Waals surface area (Å²) in [5.41, 5.74) is 2.12. The third-order valence-corrected chi connectivity index (χ3v) is 5.25. The van der Waals surface area contributed by atoms with Crippen LogP contribution in [0.4, 0.5) is 0 Å². The summed E-state index contributed by atoms with van der Waals surface area (Å²) in [7, 11) is 1.57. The highest BCUT2D eigenvalue weighted by atomic mass is 16.5. The van der Waals surface area contributed by atoms with E-state index < -0.39 is 0 Å². The number of hydrogen-bond donors (Lipinski definition) is 0. The van der Waals surface area contributed by atoms with E-state index in [4.69, 9.17) is 9.47 Å². The highest BCUT2D eigenvalue weighted by molar-refractivity contribution is 5.77. The van der Waals surface area contributed by atoms with E-state index in [1.54, 1.807) is 7.11 Å². The molecule has 0 unspecified atom stereocenters. The average molecular weight is 318 g/mol. The molecule has 1 amide bonds. The van der Waals surface area contributed by atoms with Crippen molar-refractivity contribution >= 4 is 5.91 Å². The molecule has 0 bridgehead atoms. The summed E-state index contributed by atoms with van der Waals surface area (Å²) in [5.74, 6) is 0.662. The maximum atomic E-state index is 12.1. The standard InChI is InChI=1S/C18H26N2O3/c1-14-5-3-7-16(19-14)10-23-13-18-8-4-6-15(18)9-20(12-18)17(21)11-22-2/h3,5,7,15H,4,6,8-13H2,1-2H3/t15-,18+/m1/s1. The Kier molecular flexibility index (Phi) is 4.97. The first kappa shape index (κ1) is 16.4. The van der Waals surface area contributed by atoms with Gasteiger partial charge in [-0.05, 0) is 37.8 Å². The lowest BCUT2D eigenvalue weighted by Gasteiger charge is -2.28. The van der Waals surface area contributed by atoms with Crippen molar-refractivity contribution in [2.45, 2.75) is 32.8 Å². The molecule has 126 valence electrons. The molecule has 3 rings (SSSR count). The number of rotatable bonds is 6. The second kappa shape index (κ2) is 6.97. The molecule has 0 radical (unpaired) electrons. The van der Waals surface area contributed by atoms with E-state index in [0.29, 0.717) is 19.1 Å². The Morgan fingerprint density at radius 1 is 1.48 bits per heavy atom. The first-order valence-corrected chi connectivity index (χ1v) is 8.40. The van der Waals surface area contributed by atoms with Crippen molar-refractivity contribution in [3.8, 4) is 0 Å². The highest BCUT2D eigenvalue weighted by Gasteiger charge is 2.50. The molecule has 1 aromatic rings. The topological polar surface area (TPSA) is 51.7 Å². The van der Waals surface area contributed by atoms with Gasteiger partial charge in [0.05, 0.1) is 18.9 Å². The van der Waals surface area contributed by atoms with Crippen LogP contribution in [0.15, 0.2) is 18.2 Å². The van der Waals surface area contributed by atoms with E-state index in [1.165, 1.54) is 12.8 Å². The Morgan fingerprint density at radius 2 is 2.35 bits per heavy atom. The molecule has 2 atom stereocenters. The minimum atomic E-state index is 0.0987. The number of aromatic nitrogens is 1. The molecule has 23 heavy (non-hydrogen) atoms. The van der Waals surface area contributed by atoms with Gasteiger partial charge in [0, 0.05) is 31.3 Å². The van der Waals surface area contributed by atoms with E-state index >= 15 is 0 Å². The summed E-state index contributed by atoms with van der Waals surface area (Å²) in [6, 6.07) is 6.00. The van der Waals surface area contributed by atoms with Crippen LogP contribution in [-0.4, -0.2) is 49.2 Å². The predicted molar refractivity (Wildman–Crippen MR) is 86.9 cm³/mol. The van der Waals surface area contributed by atoms with Crippen molar-refractivity contribution in [1.29, 1.82) is 0 Å². The van der Waals surface area contributed by atoms with Crippen molar-refractivity contribution in [2.24, 2.45) is 11.3 Å². The van der Waals surface area contributed by atoms with Crippen LogP contribution in [0.5, 0.6) is 0 Å². The quantitative estimate of drug-likeness (QED) is 0.807. The summed E-state index contributed by atoms with van der Waals surface area (Å²) in [6.45, 7) is 5.09. The molecule has 1 saturated heterocycles. The first-order valence-electron chi connectivity index (χ1n) is 8.40. The van der Waals surface area contributed by atoms with Gasteiger partial charge in [0.1, 0.15) is 6.61 Å². The lowest BCUT2D eigenvalue weighted by Crippen LogP contribution is -2.36. The summed E-state index contributed by atoms with van der Waals surface area (Å²) in [5, 5.41) is 0. The van der Waals surface area contributed by atoms with Gasteiger partial charge in [0.25, 0.3) is 0 Å². The van der Waals surface area contributed by atoms with Crippen LogP contribution in [0.3, 0.4) is 0 Å². The van der Waals surface area contributed by atoms with Gasteiger partial charge < -0.3 is 14.4 Å². The van der Waals surface area contributed by atoms with E-state index in [0.717, 1.165) is 30.9 Å². The van der Waals surface area contributed by atoms with E-state index in [2.05, 4.69) is 4.98 Å². The molecule has 5 nitrogen and oxygen atoms in total. The average Bonchev–Trinajstić information content (AvgIpc) is 3.04. The SMILES string of the molecule is COCC(=O)N1C[C@H]2CCC[C@@]2(COCc2cccc(C)n2)C1. The van der Waals surface area contributed by atoms with E-state index in [1.807, 2.05) is 30.0 Å². The molecule has 0 spiro atoms. The zero-order valence-electron chi connectivity index (χ0n) is 14.1. The number of methoxy groups -OCH3 is 1. The van der Waals surface area contributed by atoms with Crippen LogP contribution < -0.4 is 0 Å². The van der Waals surface area contributed by atoms with Crippen molar-refractivity contribution in [3.63, 3.8) is 0 Å². The van der Waals surface area contributed by atoms with Gasteiger partial charge in [-0.25, -0.2) is 0 Å². The number of likely N-dealkylation sites (tertiary alicyclic amines) is 1. The largest absolute Gasteiger partial charge is 0.375 e. The highest BCUT2D eigenvalue weighted by Crippen LogP contribution is 2.48. The second-order valence-corrected chi connectivity index (χ2v) is 6.92. The first-order chi connectivity index (χ1) is 11.1. The molecule has 1 aromatic heterocycles. The number of aryl methyl sites for hydroxylation is 1. The summed E-state index contributed by atoms with van der Waals surface area (Å²) >= 11 is 0. The minimum Gasteiger partial charge on any atom is -0.375 e. The van der Waals surface area contributed by atoms with Crippen molar-refractivity contribution in [1.82, 2.24) is 9.88 Å². The fourth-order valence-corrected chi connectivity index (χ4v) is 4.09. The lowest BCUT2D eigenvalue weighted by atomic mass is 9.81. The molecule has 2 fully saturated rings. The Morgan fingerprint density at radius 3 is 3.13 bits per heavy atom. The van der Waals surface area contributed by atoms with Crippen LogP contribution in [0.1, 0.15) is 30.7 Å². The number of pyridine rings is 1. The normalized spacial score (nSPS) is 26.5. The van der Waals surface area contributed by atoms with Gasteiger partial charge in [0.15, 0.2) is 0 Å². The van der Waals surface area contributed by atoms with Crippen LogP contribution in [-0.2, 0) is 20.9 Å². The Labute approximate surface area is 138 Å². The van der Waals surface area contributed by atoms with Crippen molar-refractivity contribution in [2.75, 3.05) is 33.4 Å². The molecule has 2 aliphatic rings. The number of nitrogens with zero attached hydrogens (tertiary/aromatic N) is 2. The maximum Gasteiger partial charge on any atom is 0.248 e. The van der Waals surface area contributed by atoms with Gasteiger partial charge in [-0.15, -0.1) is 0 Å². The summed E-state index contributed by atoms with van der Waals surface area (Å²) in [4.78, 5) is 18.5. The van der Waals surface area contributed by atoms with Gasteiger partial charge in [-0.1, -0.05) is 12.5 Å². The van der Waals surface area contributed by atoms with Crippen molar-refractivity contribution < 1.29 is 14.3 Å². The molecule has 1 aliphatic carbocycles. The van der Waals surface area contributed by atoms with Crippen molar-refractivity contribution in [3.05, 3.63) is 29.6 Å². The maximum absolute atomic E-state index is 12.1. The molecule has 5 heteroatoms. The van der Waals surface area contributed by atoms with Gasteiger partial charge in [-0.3, -0.25) is 9.78 Å². The smallest absolute Gasteiger partial charge is 0.248 e. The minimum absolute atomic E-state index is 0.0987. The monoisotopic (exact) mass is 318 g/mol. The molecule has 0 aromatic carbocycles. The summed E-state index contributed by atoms with van der Waals surface area (Å²) < 4.78 is 11.0. The van der Waals surface area contributed by atoms with E-state index in [-0.39, 0.29) is 17.9 Å². The molecule has 1 aliphatic heterocycles. The third-order valence-electron chi connectivity index (χ3n) is 5.25. The van der Waals surface area contributed by atoms with E-state index in [9.17, 15) is 4.79 Å². The number of amides is 1.